The van der Waals surface area contributed by atoms with E-state index in [0.717, 1.165) is 56.2 Å². The lowest BCUT2D eigenvalue weighted by Crippen LogP contribution is -2.44. The molecule has 0 bridgehead atoms. The summed E-state index contributed by atoms with van der Waals surface area (Å²) in [5.41, 5.74) is 4.58. The minimum absolute atomic E-state index is 0.0197. The Kier molecular flexibility index (Phi) is 10.1. The van der Waals surface area contributed by atoms with Crippen LogP contribution < -0.4 is 10.1 Å². The van der Waals surface area contributed by atoms with Gasteiger partial charge in [-0.3, -0.25) is 0 Å². The first-order chi connectivity index (χ1) is 22.3. The number of aliphatic hydroxyl groups is 2. The molecule has 7 atom stereocenters. The van der Waals surface area contributed by atoms with Crippen LogP contribution in [0.3, 0.4) is 0 Å². The SMILES string of the molecule is CNCC[C@H]1CCC[C@H](c2cc([C@H]3CC[C@H]4[C@H](C3)O[C@H](c3c(CO)c(O)c(O)c(OC)c3Cc3cc[nH]c3)C[C@@H]4O)ccc2O)C1. The Balaban J connectivity index is 1.27. The van der Waals surface area contributed by atoms with Crippen LogP contribution in [0.25, 0.3) is 0 Å². The van der Waals surface area contributed by atoms with Crippen molar-refractivity contribution >= 4 is 0 Å². The van der Waals surface area contributed by atoms with Gasteiger partial charge in [-0.1, -0.05) is 25.0 Å². The molecule has 6 rings (SSSR count). The molecular formula is C37H50N2O7. The Labute approximate surface area is 271 Å². The molecule has 3 fully saturated rings. The lowest BCUT2D eigenvalue weighted by molar-refractivity contribution is -0.154. The third-order valence-corrected chi connectivity index (χ3v) is 11.1. The highest BCUT2D eigenvalue weighted by atomic mass is 16.5. The normalized spacial score (nSPS) is 28.1. The highest BCUT2D eigenvalue weighted by Gasteiger charge is 2.44. The summed E-state index contributed by atoms with van der Waals surface area (Å²) in [5, 5.41) is 57.9. The molecule has 9 nitrogen and oxygen atoms in total. The van der Waals surface area contributed by atoms with Crippen LogP contribution in [0.1, 0.15) is 109 Å². The highest BCUT2D eigenvalue weighted by molar-refractivity contribution is 5.64. The first-order valence-electron chi connectivity index (χ1n) is 17.0. The molecule has 2 saturated carbocycles. The number of phenols is 3. The van der Waals surface area contributed by atoms with Crippen molar-refractivity contribution < 1.29 is 35.0 Å². The van der Waals surface area contributed by atoms with E-state index >= 15 is 0 Å². The number of nitrogens with one attached hydrogen (secondary N) is 2. The lowest BCUT2D eigenvalue weighted by Gasteiger charge is -2.45. The number of aromatic hydroxyl groups is 3. The molecule has 1 saturated heterocycles. The maximum absolute atomic E-state index is 11.5. The van der Waals surface area contributed by atoms with Crippen molar-refractivity contribution in [3.8, 4) is 23.0 Å². The molecule has 250 valence electrons. The summed E-state index contributed by atoms with van der Waals surface area (Å²) in [7, 11) is 3.44. The number of aromatic nitrogens is 1. The number of benzene rings is 2. The van der Waals surface area contributed by atoms with Crippen LogP contribution in [0, 0.1) is 11.8 Å². The summed E-state index contributed by atoms with van der Waals surface area (Å²) in [5.74, 6) is 0.903. The monoisotopic (exact) mass is 634 g/mol. The molecule has 2 aliphatic carbocycles. The standard InChI is InChI=1S/C37H50N2O7/c1-38-12-10-21-4-3-5-25(14-21)27-16-23(7-9-30(27)41)24-6-8-26-31(42)18-33(46-32(26)17-24)34-28(15-22-11-13-39-19-22)37(45-2)36(44)35(43)29(34)20-40/h7,9,11,13,16,19,21,24-26,31-33,38-44H,3-6,8,10,12,14-15,17-18,20H2,1-2H3/t21-,24+,25+,26-,31+,32+,33+/m1/s1. The van der Waals surface area contributed by atoms with Crippen molar-refractivity contribution in [1.82, 2.24) is 10.3 Å². The Morgan fingerprint density at radius 3 is 2.57 bits per heavy atom. The zero-order valence-corrected chi connectivity index (χ0v) is 27.0. The quantitative estimate of drug-likeness (QED) is 0.137. The van der Waals surface area contributed by atoms with E-state index in [2.05, 4.69) is 16.4 Å². The first kappa shape index (κ1) is 32.7. The number of hydrogen-bond donors (Lipinski definition) is 7. The minimum Gasteiger partial charge on any atom is -0.508 e. The topological polar surface area (TPSA) is 147 Å². The van der Waals surface area contributed by atoms with Crippen molar-refractivity contribution in [1.29, 1.82) is 0 Å². The molecule has 1 aliphatic heterocycles. The van der Waals surface area contributed by atoms with Gasteiger partial charge in [0.1, 0.15) is 5.75 Å². The molecule has 0 radical (unpaired) electrons. The van der Waals surface area contributed by atoms with Crippen LogP contribution in [0.2, 0.25) is 0 Å². The molecule has 0 unspecified atom stereocenters. The van der Waals surface area contributed by atoms with E-state index in [0.29, 0.717) is 41.6 Å². The molecule has 2 aromatic carbocycles. The Hall–Kier alpha value is -3.24. The van der Waals surface area contributed by atoms with Gasteiger partial charge in [0.25, 0.3) is 0 Å². The van der Waals surface area contributed by atoms with Crippen molar-refractivity contribution in [2.24, 2.45) is 11.8 Å². The fraction of sp³-hybridized carbons (Fsp3) is 0.568. The van der Waals surface area contributed by atoms with Gasteiger partial charge < -0.3 is 45.3 Å². The average molecular weight is 635 g/mol. The van der Waals surface area contributed by atoms with E-state index < -0.39 is 30.3 Å². The van der Waals surface area contributed by atoms with Gasteiger partial charge in [-0.2, -0.15) is 0 Å². The van der Waals surface area contributed by atoms with Gasteiger partial charge in [-0.25, -0.2) is 0 Å². The molecular weight excluding hydrogens is 584 g/mol. The second-order valence-electron chi connectivity index (χ2n) is 13.7. The fourth-order valence-corrected chi connectivity index (χ4v) is 8.68. The Morgan fingerprint density at radius 1 is 0.978 bits per heavy atom. The van der Waals surface area contributed by atoms with Crippen LogP contribution >= 0.6 is 0 Å². The lowest BCUT2D eigenvalue weighted by atomic mass is 9.71. The summed E-state index contributed by atoms with van der Waals surface area (Å²) in [4.78, 5) is 3.05. The van der Waals surface area contributed by atoms with E-state index in [1.807, 2.05) is 37.6 Å². The Bertz CT molecular complexity index is 1480. The van der Waals surface area contributed by atoms with Gasteiger partial charge in [-0.15, -0.1) is 0 Å². The minimum atomic E-state index is -0.620. The number of rotatable bonds is 10. The third kappa shape index (κ3) is 6.47. The number of phenolic OH excluding ortho intramolecular Hbond substituents is 2. The molecule has 9 heteroatoms. The van der Waals surface area contributed by atoms with E-state index in [-0.39, 0.29) is 29.3 Å². The van der Waals surface area contributed by atoms with E-state index in [4.69, 9.17) is 9.47 Å². The van der Waals surface area contributed by atoms with Crippen molar-refractivity contribution in [2.75, 3.05) is 20.7 Å². The highest BCUT2D eigenvalue weighted by Crippen LogP contribution is 2.52. The van der Waals surface area contributed by atoms with Gasteiger partial charge in [0.15, 0.2) is 11.5 Å². The van der Waals surface area contributed by atoms with Gasteiger partial charge in [0.2, 0.25) is 5.75 Å². The van der Waals surface area contributed by atoms with Crippen LogP contribution in [-0.4, -0.2) is 63.4 Å². The zero-order valence-electron chi connectivity index (χ0n) is 27.0. The first-order valence-corrected chi connectivity index (χ1v) is 17.0. The van der Waals surface area contributed by atoms with E-state index in [1.165, 1.54) is 25.5 Å². The summed E-state index contributed by atoms with van der Waals surface area (Å²) in [6, 6.07) is 8.05. The van der Waals surface area contributed by atoms with Gasteiger partial charge in [0, 0.05) is 42.3 Å². The van der Waals surface area contributed by atoms with Gasteiger partial charge >= 0.3 is 0 Å². The second kappa shape index (κ2) is 14.3. The van der Waals surface area contributed by atoms with Crippen LogP contribution in [-0.2, 0) is 17.8 Å². The molecule has 46 heavy (non-hydrogen) atoms. The molecule has 3 aromatic rings. The van der Waals surface area contributed by atoms with Crippen molar-refractivity contribution in [3.05, 3.63) is 70.0 Å². The molecule has 3 aliphatic rings. The number of ether oxygens (including phenoxy) is 2. The molecule has 0 spiro atoms. The number of hydrogen-bond acceptors (Lipinski definition) is 8. The number of fused-ring (bicyclic) bond motifs is 1. The number of methoxy groups -OCH3 is 1. The summed E-state index contributed by atoms with van der Waals surface area (Å²) in [6.07, 6.45) is 11.2. The fourth-order valence-electron chi connectivity index (χ4n) is 8.68. The maximum atomic E-state index is 11.5. The van der Waals surface area contributed by atoms with Gasteiger partial charge in [0.05, 0.1) is 32.0 Å². The third-order valence-electron chi connectivity index (χ3n) is 11.1. The summed E-state index contributed by atoms with van der Waals surface area (Å²) < 4.78 is 12.4. The summed E-state index contributed by atoms with van der Waals surface area (Å²) >= 11 is 0. The number of aliphatic hydroxyl groups excluding tert-OH is 2. The molecule has 7 N–H and O–H groups in total. The van der Waals surface area contributed by atoms with Crippen LogP contribution in [0.5, 0.6) is 23.0 Å². The van der Waals surface area contributed by atoms with E-state index in [1.54, 1.807) is 0 Å². The van der Waals surface area contributed by atoms with Crippen molar-refractivity contribution in [3.63, 3.8) is 0 Å². The van der Waals surface area contributed by atoms with Crippen LogP contribution in [0.15, 0.2) is 36.7 Å². The maximum Gasteiger partial charge on any atom is 0.201 e. The van der Waals surface area contributed by atoms with Gasteiger partial charge in [-0.05, 0) is 104 Å². The second-order valence-corrected chi connectivity index (χ2v) is 13.7. The molecule has 0 amide bonds. The number of H-pyrrole nitrogens is 1. The average Bonchev–Trinajstić information content (AvgIpc) is 3.58. The smallest absolute Gasteiger partial charge is 0.201 e. The predicted octanol–water partition coefficient (Wildman–Crippen LogP) is 5.88. The largest absolute Gasteiger partial charge is 0.508 e. The molecule has 2 heterocycles. The van der Waals surface area contributed by atoms with Crippen LogP contribution in [0.4, 0.5) is 0 Å². The number of aromatic amines is 1. The summed E-state index contributed by atoms with van der Waals surface area (Å²) in [6.45, 7) is 0.517. The Morgan fingerprint density at radius 2 is 1.83 bits per heavy atom. The zero-order chi connectivity index (χ0) is 32.4. The molecule has 1 aromatic heterocycles. The van der Waals surface area contributed by atoms with Crippen molar-refractivity contribution in [2.45, 2.75) is 101 Å². The predicted molar refractivity (Wildman–Crippen MR) is 176 cm³/mol. The van der Waals surface area contributed by atoms with E-state index in [9.17, 15) is 25.5 Å².